The highest BCUT2D eigenvalue weighted by Gasteiger charge is 2.26. The third kappa shape index (κ3) is 2.34. The molecule has 16 heavy (non-hydrogen) atoms. The number of hydrogen-bond acceptors (Lipinski definition) is 1. The summed E-state index contributed by atoms with van der Waals surface area (Å²) in [4.78, 5) is 10.6. The average Bonchev–Trinajstić information content (AvgIpc) is 2.32. The summed E-state index contributed by atoms with van der Waals surface area (Å²) in [6.07, 6.45) is 4.91. The average molecular weight is 216 g/mol. The summed E-state index contributed by atoms with van der Waals surface area (Å²) >= 11 is 0. The molecule has 86 valence electrons. The summed E-state index contributed by atoms with van der Waals surface area (Å²) in [5.74, 6) is 2.30. The van der Waals surface area contributed by atoms with Crippen molar-refractivity contribution in [1.82, 2.24) is 0 Å². The molecule has 0 aliphatic heterocycles. The first-order valence-electron chi connectivity index (χ1n) is 6.26. The Labute approximate surface area is 97.9 Å². The van der Waals surface area contributed by atoms with Gasteiger partial charge in [0, 0.05) is 5.56 Å². The zero-order valence-electron chi connectivity index (χ0n) is 10.1. The van der Waals surface area contributed by atoms with Crippen LogP contribution in [0, 0.1) is 11.8 Å². The van der Waals surface area contributed by atoms with Gasteiger partial charge in [0.05, 0.1) is 0 Å². The van der Waals surface area contributed by atoms with Crippen molar-refractivity contribution >= 4 is 6.29 Å². The van der Waals surface area contributed by atoms with Gasteiger partial charge in [0.1, 0.15) is 6.29 Å². The lowest BCUT2D eigenvalue weighted by atomic mass is 9.72. The summed E-state index contributed by atoms with van der Waals surface area (Å²) in [7, 11) is 0. The molecule has 1 heteroatoms. The second-order valence-corrected chi connectivity index (χ2v) is 5.29. The van der Waals surface area contributed by atoms with Crippen molar-refractivity contribution in [2.24, 2.45) is 11.8 Å². The van der Waals surface area contributed by atoms with Gasteiger partial charge in [-0.05, 0) is 36.2 Å². The lowest BCUT2D eigenvalue weighted by Crippen LogP contribution is -2.19. The molecular weight excluding hydrogens is 196 g/mol. The number of carbonyl (C=O) groups is 1. The van der Waals surface area contributed by atoms with E-state index in [0.29, 0.717) is 5.92 Å². The van der Waals surface area contributed by atoms with Crippen LogP contribution in [0.3, 0.4) is 0 Å². The molecule has 1 aromatic carbocycles. The van der Waals surface area contributed by atoms with E-state index in [1.807, 2.05) is 12.1 Å². The van der Waals surface area contributed by atoms with E-state index in [1.54, 1.807) is 0 Å². The van der Waals surface area contributed by atoms with E-state index < -0.39 is 0 Å². The maximum absolute atomic E-state index is 10.6. The standard InChI is InChI=1S/C15H20O/c1-11-3-4-12(2)15(9-11)14-7-5-13(10-16)6-8-14/h5-8,10-12,15H,3-4,9H2,1-2H3. The van der Waals surface area contributed by atoms with Crippen LogP contribution in [0.1, 0.15) is 54.9 Å². The zero-order chi connectivity index (χ0) is 11.5. The van der Waals surface area contributed by atoms with Crippen LogP contribution in [0.25, 0.3) is 0 Å². The minimum atomic E-state index is 0.685. The smallest absolute Gasteiger partial charge is 0.150 e. The van der Waals surface area contributed by atoms with Crippen molar-refractivity contribution in [2.45, 2.75) is 39.0 Å². The molecule has 1 saturated carbocycles. The summed E-state index contributed by atoms with van der Waals surface area (Å²) in [6.45, 7) is 4.70. The number of carbonyl (C=O) groups excluding carboxylic acids is 1. The lowest BCUT2D eigenvalue weighted by Gasteiger charge is -2.33. The van der Waals surface area contributed by atoms with Crippen molar-refractivity contribution in [2.75, 3.05) is 0 Å². The molecule has 0 radical (unpaired) electrons. The van der Waals surface area contributed by atoms with Gasteiger partial charge in [-0.1, -0.05) is 44.5 Å². The molecule has 0 saturated heterocycles. The molecule has 0 spiro atoms. The maximum Gasteiger partial charge on any atom is 0.150 e. The monoisotopic (exact) mass is 216 g/mol. The van der Waals surface area contributed by atoms with Gasteiger partial charge in [-0.15, -0.1) is 0 Å². The van der Waals surface area contributed by atoms with Gasteiger partial charge in [0.2, 0.25) is 0 Å². The zero-order valence-corrected chi connectivity index (χ0v) is 10.1. The molecule has 1 aromatic rings. The lowest BCUT2D eigenvalue weighted by molar-refractivity contribution is 0.112. The van der Waals surface area contributed by atoms with Crippen molar-refractivity contribution in [1.29, 1.82) is 0 Å². The first-order valence-corrected chi connectivity index (χ1v) is 6.26. The maximum atomic E-state index is 10.6. The van der Waals surface area contributed by atoms with Crippen LogP contribution < -0.4 is 0 Å². The van der Waals surface area contributed by atoms with Gasteiger partial charge in [0.15, 0.2) is 0 Å². The Balaban J connectivity index is 2.17. The largest absolute Gasteiger partial charge is 0.298 e. The van der Waals surface area contributed by atoms with Gasteiger partial charge in [-0.2, -0.15) is 0 Å². The van der Waals surface area contributed by atoms with E-state index in [4.69, 9.17) is 0 Å². The first-order chi connectivity index (χ1) is 7.70. The van der Waals surface area contributed by atoms with Crippen molar-refractivity contribution in [3.05, 3.63) is 35.4 Å². The number of benzene rings is 1. The molecule has 1 aliphatic rings. The van der Waals surface area contributed by atoms with Gasteiger partial charge in [-0.3, -0.25) is 4.79 Å². The molecule has 1 fully saturated rings. The predicted octanol–water partition coefficient (Wildman–Crippen LogP) is 4.04. The highest BCUT2D eigenvalue weighted by molar-refractivity contribution is 5.74. The van der Waals surface area contributed by atoms with Gasteiger partial charge in [0.25, 0.3) is 0 Å². The van der Waals surface area contributed by atoms with Gasteiger partial charge < -0.3 is 0 Å². The second-order valence-electron chi connectivity index (χ2n) is 5.29. The van der Waals surface area contributed by atoms with E-state index in [2.05, 4.69) is 26.0 Å². The summed E-state index contributed by atoms with van der Waals surface area (Å²) in [6, 6.07) is 8.13. The molecule has 1 nitrogen and oxygen atoms in total. The van der Waals surface area contributed by atoms with E-state index >= 15 is 0 Å². The van der Waals surface area contributed by atoms with Gasteiger partial charge >= 0.3 is 0 Å². The number of aldehydes is 1. The fourth-order valence-corrected chi connectivity index (χ4v) is 2.82. The Kier molecular flexibility index (Phi) is 3.42. The fourth-order valence-electron chi connectivity index (χ4n) is 2.82. The molecule has 0 N–H and O–H groups in total. The van der Waals surface area contributed by atoms with Crippen LogP contribution in [0.4, 0.5) is 0 Å². The van der Waals surface area contributed by atoms with Crippen molar-refractivity contribution < 1.29 is 4.79 Å². The number of hydrogen-bond donors (Lipinski definition) is 0. The molecule has 3 atom stereocenters. The molecule has 0 aromatic heterocycles. The highest BCUT2D eigenvalue weighted by atomic mass is 16.1. The van der Waals surface area contributed by atoms with Gasteiger partial charge in [-0.25, -0.2) is 0 Å². The van der Waals surface area contributed by atoms with E-state index in [9.17, 15) is 4.79 Å². The third-order valence-corrected chi connectivity index (χ3v) is 3.96. The summed E-state index contributed by atoms with van der Waals surface area (Å²) in [5.41, 5.74) is 2.19. The van der Waals surface area contributed by atoms with Crippen LogP contribution in [0.2, 0.25) is 0 Å². The minimum Gasteiger partial charge on any atom is -0.298 e. The highest BCUT2D eigenvalue weighted by Crippen LogP contribution is 2.40. The SMILES string of the molecule is CC1CCC(C)C(c2ccc(C=O)cc2)C1. The van der Waals surface area contributed by atoms with Crippen molar-refractivity contribution in [3.8, 4) is 0 Å². The molecule has 2 rings (SSSR count). The molecular formula is C15H20O. The minimum absolute atomic E-state index is 0.685. The van der Waals surface area contributed by atoms with E-state index in [0.717, 1.165) is 23.7 Å². The van der Waals surface area contributed by atoms with E-state index in [-0.39, 0.29) is 0 Å². The van der Waals surface area contributed by atoms with Crippen molar-refractivity contribution in [3.63, 3.8) is 0 Å². The first kappa shape index (κ1) is 11.4. The van der Waals surface area contributed by atoms with Crippen LogP contribution >= 0.6 is 0 Å². The topological polar surface area (TPSA) is 17.1 Å². The van der Waals surface area contributed by atoms with Crippen LogP contribution in [0.15, 0.2) is 24.3 Å². The quantitative estimate of drug-likeness (QED) is 0.682. The fraction of sp³-hybridized carbons (Fsp3) is 0.533. The molecule has 0 bridgehead atoms. The molecule has 0 heterocycles. The Morgan fingerprint density at radius 2 is 1.81 bits per heavy atom. The normalized spacial score (nSPS) is 30.0. The number of rotatable bonds is 2. The van der Waals surface area contributed by atoms with Crippen LogP contribution in [-0.2, 0) is 0 Å². The Hall–Kier alpha value is -1.11. The second kappa shape index (κ2) is 4.82. The van der Waals surface area contributed by atoms with E-state index in [1.165, 1.54) is 24.8 Å². The molecule has 1 aliphatic carbocycles. The summed E-state index contributed by atoms with van der Waals surface area (Å²) in [5, 5.41) is 0. The molecule has 0 amide bonds. The summed E-state index contributed by atoms with van der Waals surface area (Å²) < 4.78 is 0. The Bertz CT molecular complexity index is 352. The van der Waals surface area contributed by atoms with Crippen LogP contribution in [0.5, 0.6) is 0 Å². The Morgan fingerprint density at radius 3 is 2.44 bits per heavy atom. The third-order valence-electron chi connectivity index (χ3n) is 3.96. The van der Waals surface area contributed by atoms with Crippen LogP contribution in [-0.4, -0.2) is 6.29 Å². The Morgan fingerprint density at radius 1 is 1.12 bits per heavy atom. The predicted molar refractivity (Wildman–Crippen MR) is 66.7 cm³/mol. The molecule has 3 unspecified atom stereocenters.